The van der Waals surface area contributed by atoms with Gasteiger partial charge in [-0.05, 0) is 61.2 Å². The summed E-state index contributed by atoms with van der Waals surface area (Å²) in [6, 6.07) is 11.3. The van der Waals surface area contributed by atoms with Crippen LogP contribution >= 0.6 is 15.9 Å². The Kier molecular flexibility index (Phi) is 5.72. The standard InChI is InChI=1S/C19H19BrO3/c1-12-8-14(3)17(9-13(12)2)18(21)11-23-19(22)10-15-4-6-16(20)7-5-15/h4-9H,10-11H2,1-3H3. The maximum absolute atomic E-state index is 12.2. The number of hydrogen-bond acceptors (Lipinski definition) is 3. The molecule has 23 heavy (non-hydrogen) atoms. The fourth-order valence-corrected chi connectivity index (χ4v) is 2.57. The summed E-state index contributed by atoms with van der Waals surface area (Å²) in [6.07, 6.45) is 0.159. The van der Waals surface area contributed by atoms with E-state index in [1.165, 1.54) is 0 Å². The Morgan fingerprint density at radius 2 is 1.57 bits per heavy atom. The van der Waals surface area contributed by atoms with E-state index in [4.69, 9.17) is 4.74 Å². The number of hydrogen-bond donors (Lipinski definition) is 0. The second kappa shape index (κ2) is 7.55. The summed E-state index contributed by atoms with van der Waals surface area (Å²) >= 11 is 3.34. The molecule has 0 spiro atoms. The second-order valence-electron chi connectivity index (χ2n) is 5.64. The molecular weight excluding hydrogens is 356 g/mol. The van der Waals surface area contributed by atoms with E-state index >= 15 is 0 Å². The Bertz CT molecular complexity index is 733. The first-order chi connectivity index (χ1) is 10.9. The van der Waals surface area contributed by atoms with Gasteiger partial charge in [0.25, 0.3) is 0 Å². The van der Waals surface area contributed by atoms with Crippen molar-refractivity contribution in [3.05, 3.63) is 68.7 Å². The third-order valence-corrected chi connectivity index (χ3v) is 4.30. The molecule has 3 nitrogen and oxygen atoms in total. The van der Waals surface area contributed by atoms with Gasteiger partial charge >= 0.3 is 5.97 Å². The highest BCUT2D eigenvalue weighted by atomic mass is 79.9. The SMILES string of the molecule is Cc1cc(C)c(C(=O)COC(=O)Cc2ccc(Br)cc2)cc1C. The number of ether oxygens (including phenoxy) is 1. The summed E-state index contributed by atoms with van der Waals surface area (Å²) in [7, 11) is 0. The van der Waals surface area contributed by atoms with E-state index in [1.807, 2.05) is 57.2 Å². The minimum Gasteiger partial charge on any atom is -0.457 e. The van der Waals surface area contributed by atoms with Gasteiger partial charge in [-0.3, -0.25) is 9.59 Å². The lowest BCUT2D eigenvalue weighted by Gasteiger charge is -2.09. The molecule has 0 amide bonds. The van der Waals surface area contributed by atoms with Crippen LogP contribution in [0.5, 0.6) is 0 Å². The number of rotatable bonds is 5. The molecule has 0 heterocycles. The predicted molar refractivity (Wildman–Crippen MR) is 93.8 cm³/mol. The third-order valence-electron chi connectivity index (χ3n) is 3.77. The molecule has 0 N–H and O–H groups in total. The van der Waals surface area contributed by atoms with Crippen molar-refractivity contribution in [3.8, 4) is 0 Å². The lowest BCUT2D eigenvalue weighted by Crippen LogP contribution is -2.16. The first-order valence-electron chi connectivity index (χ1n) is 7.38. The van der Waals surface area contributed by atoms with E-state index in [-0.39, 0.29) is 18.8 Å². The van der Waals surface area contributed by atoms with E-state index in [1.54, 1.807) is 0 Å². The van der Waals surface area contributed by atoms with Crippen LogP contribution in [0, 0.1) is 20.8 Å². The summed E-state index contributed by atoms with van der Waals surface area (Å²) in [6.45, 7) is 5.64. The van der Waals surface area contributed by atoms with Gasteiger partial charge in [0.1, 0.15) is 0 Å². The minimum absolute atomic E-state index is 0.159. The van der Waals surface area contributed by atoms with Crippen LogP contribution in [-0.2, 0) is 16.0 Å². The number of halogens is 1. The van der Waals surface area contributed by atoms with Crippen LogP contribution in [-0.4, -0.2) is 18.4 Å². The summed E-state index contributed by atoms with van der Waals surface area (Å²) < 4.78 is 6.07. The Hall–Kier alpha value is -1.94. The van der Waals surface area contributed by atoms with Gasteiger partial charge in [0.05, 0.1) is 6.42 Å². The maximum atomic E-state index is 12.2. The molecule has 2 rings (SSSR count). The van der Waals surface area contributed by atoms with Crippen molar-refractivity contribution >= 4 is 27.7 Å². The zero-order valence-electron chi connectivity index (χ0n) is 13.5. The van der Waals surface area contributed by atoms with Gasteiger partial charge in [0.15, 0.2) is 6.61 Å². The van der Waals surface area contributed by atoms with E-state index in [0.717, 1.165) is 26.7 Å². The van der Waals surface area contributed by atoms with Gasteiger partial charge in [-0.15, -0.1) is 0 Å². The summed E-state index contributed by atoms with van der Waals surface area (Å²) in [4.78, 5) is 24.1. The van der Waals surface area contributed by atoms with E-state index in [0.29, 0.717) is 5.56 Å². The summed E-state index contributed by atoms with van der Waals surface area (Å²) in [5, 5.41) is 0. The summed E-state index contributed by atoms with van der Waals surface area (Å²) in [5.74, 6) is -0.572. The number of carbonyl (C=O) groups excluding carboxylic acids is 2. The quantitative estimate of drug-likeness (QED) is 0.577. The van der Waals surface area contributed by atoms with Crippen LogP contribution in [0.3, 0.4) is 0 Å². The number of esters is 1. The molecule has 120 valence electrons. The zero-order chi connectivity index (χ0) is 17.0. The number of benzene rings is 2. The molecule has 0 aliphatic carbocycles. The molecule has 0 unspecified atom stereocenters. The molecule has 0 atom stereocenters. The van der Waals surface area contributed by atoms with Crippen LogP contribution < -0.4 is 0 Å². The molecule has 4 heteroatoms. The highest BCUT2D eigenvalue weighted by Gasteiger charge is 2.13. The normalized spacial score (nSPS) is 10.4. The van der Waals surface area contributed by atoms with Crippen molar-refractivity contribution < 1.29 is 14.3 Å². The van der Waals surface area contributed by atoms with Crippen molar-refractivity contribution in [2.24, 2.45) is 0 Å². The largest absolute Gasteiger partial charge is 0.457 e. The molecule has 2 aromatic rings. The Balaban J connectivity index is 1.95. The first kappa shape index (κ1) is 17.4. The van der Waals surface area contributed by atoms with Gasteiger partial charge in [0.2, 0.25) is 5.78 Å². The molecule has 0 saturated heterocycles. The molecule has 0 aromatic heterocycles. The summed E-state index contributed by atoms with van der Waals surface area (Å²) in [5.41, 5.74) is 4.58. The van der Waals surface area contributed by atoms with Crippen molar-refractivity contribution in [1.29, 1.82) is 0 Å². The molecular formula is C19H19BrO3. The zero-order valence-corrected chi connectivity index (χ0v) is 15.1. The predicted octanol–water partition coefficient (Wildman–Crippen LogP) is 4.34. The van der Waals surface area contributed by atoms with Crippen LogP contribution in [0.4, 0.5) is 0 Å². The van der Waals surface area contributed by atoms with E-state index in [9.17, 15) is 9.59 Å². The first-order valence-corrected chi connectivity index (χ1v) is 8.17. The fourth-order valence-electron chi connectivity index (χ4n) is 2.30. The molecule has 0 aliphatic heterocycles. The molecule has 2 aromatic carbocycles. The van der Waals surface area contributed by atoms with Crippen molar-refractivity contribution in [1.82, 2.24) is 0 Å². The van der Waals surface area contributed by atoms with Crippen molar-refractivity contribution in [3.63, 3.8) is 0 Å². The third kappa shape index (κ3) is 4.76. The molecule has 0 radical (unpaired) electrons. The second-order valence-corrected chi connectivity index (χ2v) is 6.55. The Labute approximate surface area is 144 Å². The molecule has 0 fully saturated rings. The molecule has 0 saturated carbocycles. The lowest BCUT2D eigenvalue weighted by molar-refractivity contribution is -0.141. The van der Waals surface area contributed by atoms with Gasteiger partial charge in [-0.2, -0.15) is 0 Å². The van der Waals surface area contributed by atoms with E-state index in [2.05, 4.69) is 15.9 Å². The maximum Gasteiger partial charge on any atom is 0.310 e. The average molecular weight is 375 g/mol. The van der Waals surface area contributed by atoms with Crippen molar-refractivity contribution in [2.75, 3.05) is 6.61 Å². The van der Waals surface area contributed by atoms with Gasteiger partial charge in [-0.1, -0.05) is 34.1 Å². The average Bonchev–Trinajstić information content (AvgIpc) is 2.51. The van der Waals surface area contributed by atoms with Crippen LogP contribution in [0.15, 0.2) is 40.9 Å². The molecule has 0 aliphatic rings. The monoisotopic (exact) mass is 374 g/mol. The highest BCUT2D eigenvalue weighted by molar-refractivity contribution is 9.10. The van der Waals surface area contributed by atoms with Crippen LogP contribution in [0.2, 0.25) is 0 Å². The minimum atomic E-state index is -0.401. The lowest BCUT2D eigenvalue weighted by atomic mass is 9.98. The number of carbonyl (C=O) groups is 2. The topological polar surface area (TPSA) is 43.4 Å². The van der Waals surface area contributed by atoms with Crippen LogP contribution in [0.25, 0.3) is 0 Å². The number of aryl methyl sites for hydroxylation is 3. The fraction of sp³-hybridized carbons (Fsp3) is 0.263. The van der Waals surface area contributed by atoms with E-state index < -0.39 is 5.97 Å². The van der Waals surface area contributed by atoms with Crippen LogP contribution in [0.1, 0.15) is 32.6 Å². The van der Waals surface area contributed by atoms with Gasteiger partial charge < -0.3 is 4.74 Å². The van der Waals surface area contributed by atoms with Gasteiger partial charge in [0, 0.05) is 10.0 Å². The van der Waals surface area contributed by atoms with Crippen molar-refractivity contribution in [2.45, 2.75) is 27.2 Å². The Morgan fingerprint density at radius 3 is 2.22 bits per heavy atom. The Morgan fingerprint density at radius 1 is 0.957 bits per heavy atom. The number of ketones is 1. The van der Waals surface area contributed by atoms with Gasteiger partial charge in [-0.25, -0.2) is 0 Å². The highest BCUT2D eigenvalue weighted by Crippen LogP contribution is 2.16. The molecule has 0 bridgehead atoms. The smallest absolute Gasteiger partial charge is 0.310 e. The number of Topliss-reactive ketones (excluding diaryl/α,β-unsaturated/α-hetero) is 1.